The summed E-state index contributed by atoms with van der Waals surface area (Å²) in [7, 11) is -8.27. The largest absolute Gasteiger partial charge is 0.325 e. The number of hydrogen-bond donors (Lipinski definition) is 4. The summed E-state index contributed by atoms with van der Waals surface area (Å²) in [5.74, 6) is 0. The molecular weight excluding hydrogens is 546 g/mol. The molecule has 0 unspecified atom stereocenters. The van der Waals surface area contributed by atoms with E-state index < -0.39 is 20.6 Å². The van der Waals surface area contributed by atoms with E-state index >= 15 is 0 Å². The summed E-state index contributed by atoms with van der Waals surface area (Å²) >= 11 is 7.03. The van der Waals surface area contributed by atoms with Gasteiger partial charge in [-0.2, -0.15) is 0 Å². The summed E-state index contributed by atoms with van der Waals surface area (Å²) in [6.07, 6.45) is 1.12. The van der Waals surface area contributed by atoms with Gasteiger partial charge < -0.3 is 19.6 Å². The second kappa shape index (κ2) is 8.68. The van der Waals surface area contributed by atoms with E-state index in [0.717, 1.165) is 31.2 Å². The lowest BCUT2D eigenvalue weighted by Crippen LogP contribution is -2.26. The Morgan fingerprint density at radius 1 is 0.724 bits per heavy atom. The van der Waals surface area contributed by atoms with Gasteiger partial charge in [-0.05, 0) is 72.2 Å². The lowest BCUT2D eigenvalue weighted by molar-refractivity contribution is 0.360. The lowest BCUT2D eigenvalue weighted by Gasteiger charge is -2.33. The van der Waals surface area contributed by atoms with E-state index in [9.17, 15) is 28.7 Å². The maximum Gasteiger partial charge on any atom is 0.325 e. The highest BCUT2D eigenvalue weighted by atomic mass is 79.9. The SMILES string of the molecule is O=P(O)(O)CCCC1(CCCP(=O)(O)O)c2cc(Br)ccc2-c2ccc(Br)cc21. The van der Waals surface area contributed by atoms with Gasteiger partial charge in [0.2, 0.25) is 0 Å². The Balaban J connectivity index is 2.09. The summed E-state index contributed by atoms with van der Waals surface area (Å²) in [6, 6.07) is 12.0. The van der Waals surface area contributed by atoms with Crippen molar-refractivity contribution in [1.29, 1.82) is 0 Å². The fourth-order valence-corrected chi connectivity index (χ4v) is 6.14. The van der Waals surface area contributed by atoms with Gasteiger partial charge in [-0.15, -0.1) is 0 Å². The monoisotopic (exact) mass is 566 g/mol. The third-order valence-electron chi connectivity index (χ3n) is 5.39. The minimum Gasteiger partial charge on any atom is -0.324 e. The number of halogens is 2. The second-order valence-corrected chi connectivity index (χ2v) is 12.8. The van der Waals surface area contributed by atoms with Crippen LogP contribution in [0, 0.1) is 0 Å². The van der Waals surface area contributed by atoms with Crippen LogP contribution in [0.1, 0.15) is 36.8 Å². The van der Waals surface area contributed by atoms with E-state index in [1.807, 2.05) is 36.4 Å². The Kier molecular flexibility index (Phi) is 6.99. The second-order valence-electron chi connectivity index (χ2n) is 7.45. The van der Waals surface area contributed by atoms with E-state index in [1.165, 1.54) is 0 Å². The van der Waals surface area contributed by atoms with E-state index in [1.54, 1.807) is 0 Å². The van der Waals surface area contributed by atoms with Crippen molar-refractivity contribution in [2.75, 3.05) is 12.3 Å². The molecule has 6 nitrogen and oxygen atoms in total. The molecule has 2 aromatic carbocycles. The quantitative estimate of drug-likeness (QED) is 0.318. The smallest absolute Gasteiger partial charge is 0.324 e. The van der Waals surface area contributed by atoms with Gasteiger partial charge in [0, 0.05) is 26.7 Å². The molecule has 1 aliphatic rings. The molecule has 158 valence electrons. The predicted octanol–water partition coefficient (Wildman–Crippen LogP) is 5.39. The normalized spacial score (nSPS) is 15.2. The Labute approximate surface area is 186 Å². The summed E-state index contributed by atoms with van der Waals surface area (Å²) in [4.78, 5) is 37.3. The van der Waals surface area contributed by atoms with Gasteiger partial charge >= 0.3 is 15.2 Å². The van der Waals surface area contributed by atoms with Crippen LogP contribution in [0.25, 0.3) is 11.1 Å². The molecule has 0 amide bonds. The molecule has 0 spiro atoms. The van der Waals surface area contributed by atoms with Gasteiger partial charge in [0.1, 0.15) is 0 Å². The molecule has 0 radical (unpaired) electrons. The van der Waals surface area contributed by atoms with Gasteiger partial charge in [-0.25, -0.2) is 0 Å². The number of benzene rings is 2. The van der Waals surface area contributed by atoms with Crippen molar-refractivity contribution in [3.63, 3.8) is 0 Å². The summed E-state index contributed by atoms with van der Waals surface area (Å²) < 4.78 is 24.6. The van der Waals surface area contributed by atoms with Crippen LogP contribution in [0.15, 0.2) is 45.3 Å². The van der Waals surface area contributed by atoms with Crippen LogP contribution < -0.4 is 0 Å². The fraction of sp³-hybridized carbons (Fsp3) is 0.368. The minimum absolute atomic E-state index is 0.222. The van der Waals surface area contributed by atoms with E-state index in [-0.39, 0.29) is 12.3 Å². The zero-order chi connectivity index (χ0) is 21.4. The maximum atomic E-state index is 11.4. The van der Waals surface area contributed by atoms with Crippen LogP contribution in [0.2, 0.25) is 0 Å². The molecule has 0 atom stereocenters. The highest BCUT2D eigenvalue weighted by Gasteiger charge is 2.43. The molecule has 2 aromatic rings. The fourth-order valence-electron chi connectivity index (χ4n) is 4.28. The average Bonchev–Trinajstić information content (AvgIpc) is 2.82. The van der Waals surface area contributed by atoms with Crippen LogP contribution in [-0.4, -0.2) is 31.9 Å². The molecular formula is C19H22Br2O6P2. The first kappa shape index (κ1) is 23.4. The molecule has 0 aliphatic heterocycles. The Morgan fingerprint density at radius 2 is 1.10 bits per heavy atom. The van der Waals surface area contributed by atoms with Crippen molar-refractivity contribution in [3.8, 4) is 11.1 Å². The number of hydrogen-bond acceptors (Lipinski definition) is 2. The van der Waals surface area contributed by atoms with Crippen molar-refractivity contribution in [2.45, 2.75) is 31.1 Å². The van der Waals surface area contributed by atoms with Crippen LogP contribution in [0.3, 0.4) is 0 Å². The minimum atomic E-state index is -4.14. The van der Waals surface area contributed by atoms with Gasteiger partial charge in [0.25, 0.3) is 0 Å². The molecule has 0 heterocycles. The Morgan fingerprint density at radius 3 is 1.45 bits per heavy atom. The van der Waals surface area contributed by atoms with Crippen molar-refractivity contribution in [1.82, 2.24) is 0 Å². The van der Waals surface area contributed by atoms with Crippen molar-refractivity contribution >= 4 is 47.1 Å². The molecule has 0 saturated carbocycles. The third kappa shape index (κ3) is 5.50. The molecule has 0 bridgehead atoms. The molecule has 3 rings (SSSR count). The van der Waals surface area contributed by atoms with Gasteiger partial charge in [0.15, 0.2) is 0 Å². The molecule has 4 N–H and O–H groups in total. The number of rotatable bonds is 8. The maximum absolute atomic E-state index is 11.4. The summed E-state index contributed by atoms with van der Waals surface area (Å²) in [6.45, 7) is 0. The van der Waals surface area contributed by atoms with Crippen molar-refractivity contribution < 1.29 is 28.7 Å². The first-order valence-corrected chi connectivity index (χ1v) is 14.3. The average molecular weight is 568 g/mol. The first-order chi connectivity index (χ1) is 13.4. The molecule has 0 fully saturated rings. The van der Waals surface area contributed by atoms with E-state index in [0.29, 0.717) is 25.7 Å². The zero-order valence-corrected chi connectivity index (χ0v) is 20.4. The summed E-state index contributed by atoms with van der Waals surface area (Å²) in [5, 5.41) is 0. The third-order valence-corrected chi connectivity index (χ3v) is 8.17. The van der Waals surface area contributed by atoms with Gasteiger partial charge in [-0.3, -0.25) is 9.13 Å². The van der Waals surface area contributed by atoms with Gasteiger partial charge in [0.05, 0.1) is 0 Å². The van der Waals surface area contributed by atoms with Crippen LogP contribution in [0.5, 0.6) is 0 Å². The topological polar surface area (TPSA) is 115 Å². The lowest BCUT2D eigenvalue weighted by atomic mass is 9.71. The highest BCUT2D eigenvalue weighted by Crippen LogP contribution is 2.56. The highest BCUT2D eigenvalue weighted by molar-refractivity contribution is 9.10. The van der Waals surface area contributed by atoms with E-state index in [2.05, 4.69) is 31.9 Å². The Hall–Kier alpha value is -0.300. The van der Waals surface area contributed by atoms with Crippen molar-refractivity contribution in [2.24, 2.45) is 0 Å². The first-order valence-electron chi connectivity index (χ1n) is 9.11. The predicted molar refractivity (Wildman–Crippen MR) is 120 cm³/mol. The van der Waals surface area contributed by atoms with Crippen LogP contribution >= 0.6 is 47.1 Å². The standard InChI is InChI=1S/C19H22Br2O6P2/c20-13-3-5-15-16-6-4-14(21)12-18(16)19(17(15)11-13,7-1-9-28(22,23)24)8-2-10-29(25,26)27/h3-6,11-12H,1-2,7-10H2,(H2,22,23,24)(H2,25,26,27). The molecule has 10 heteroatoms. The van der Waals surface area contributed by atoms with Crippen molar-refractivity contribution in [3.05, 3.63) is 56.5 Å². The molecule has 0 aromatic heterocycles. The Bertz CT molecular complexity index is 932. The molecule has 1 aliphatic carbocycles. The van der Waals surface area contributed by atoms with E-state index in [4.69, 9.17) is 0 Å². The zero-order valence-electron chi connectivity index (χ0n) is 15.5. The number of fused-ring (bicyclic) bond motifs is 3. The molecule has 0 saturated heterocycles. The molecule has 29 heavy (non-hydrogen) atoms. The van der Waals surface area contributed by atoms with Gasteiger partial charge in [-0.1, -0.05) is 44.0 Å². The summed E-state index contributed by atoms with van der Waals surface area (Å²) in [5.41, 5.74) is 3.57. The van der Waals surface area contributed by atoms with Crippen LogP contribution in [-0.2, 0) is 14.5 Å². The van der Waals surface area contributed by atoms with Crippen LogP contribution in [0.4, 0.5) is 0 Å².